The number of hydrogen-bond acceptors (Lipinski definition) is 3. The highest BCUT2D eigenvalue weighted by atomic mass is 35.5. The molecule has 1 aromatic carbocycles. The quantitative estimate of drug-likeness (QED) is 0.799. The van der Waals surface area contributed by atoms with Crippen molar-refractivity contribution in [3.8, 4) is 11.3 Å². The van der Waals surface area contributed by atoms with Crippen LogP contribution in [0.2, 0.25) is 5.15 Å². The molecule has 0 atom stereocenters. The number of aromatic nitrogens is 2. The molecular weight excluding hydrogens is 222 g/mol. The van der Waals surface area contributed by atoms with Crippen LogP contribution in [0, 0.1) is 0 Å². The molecule has 2 aromatic rings. The molecule has 0 aliphatic heterocycles. The van der Waals surface area contributed by atoms with E-state index < -0.39 is 0 Å². The Morgan fingerprint density at radius 1 is 1.06 bits per heavy atom. The van der Waals surface area contributed by atoms with Gasteiger partial charge in [-0.2, -0.15) is 0 Å². The molecule has 0 bridgehead atoms. The summed E-state index contributed by atoms with van der Waals surface area (Å²) in [5.74, 6) is 0. The number of benzene rings is 1. The average molecular weight is 234 g/mol. The van der Waals surface area contributed by atoms with E-state index in [1.807, 2.05) is 55.4 Å². The van der Waals surface area contributed by atoms with Gasteiger partial charge in [0, 0.05) is 25.7 Å². The Morgan fingerprint density at radius 3 is 2.38 bits per heavy atom. The third-order valence-electron chi connectivity index (χ3n) is 2.27. The molecule has 0 amide bonds. The second-order valence-corrected chi connectivity index (χ2v) is 4.05. The van der Waals surface area contributed by atoms with Crippen LogP contribution in [0.25, 0.3) is 11.3 Å². The van der Waals surface area contributed by atoms with Gasteiger partial charge in [-0.05, 0) is 0 Å². The maximum atomic E-state index is 5.85. The Morgan fingerprint density at radius 2 is 1.75 bits per heavy atom. The van der Waals surface area contributed by atoms with E-state index >= 15 is 0 Å². The number of hydrogen-bond donors (Lipinski definition) is 0. The van der Waals surface area contributed by atoms with Crippen LogP contribution in [0.4, 0.5) is 5.69 Å². The third kappa shape index (κ3) is 2.14. The SMILES string of the molecule is CN(C)c1cc(Cl)nnc1-c1ccccc1. The minimum atomic E-state index is 0.406. The smallest absolute Gasteiger partial charge is 0.153 e. The maximum absolute atomic E-state index is 5.85. The molecule has 0 aliphatic carbocycles. The fraction of sp³-hybridized carbons (Fsp3) is 0.167. The normalized spacial score (nSPS) is 10.2. The van der Waals surface area contributed by atoms with Gasteiger partial charge >= 0.3 is 0 Å². The maximum Gasteiger partial charge on any atom is 0.153 e. The summed E-state index contributed by atoms with van der Waals surface area (Å²) in [6.07, 6.45) is 0. The topological polar surface area (TPSA) is 29.0 Å². The van der Waals surface area contributed by atoms with Crippen LogP contribution in [0.5, 0.6) is 0 Å². The molecule has 4 heteroatoms. The van der Waals surface area contributed by atoms with Crippen molar-refractivity contribution in [1.29, 1.82) is 0 Å². The van der Waals surface area contributed by atoms with E-state index in [0.29, 0.717) is 5.15 Å². The molecule has 0 radical (unpaired) electrons. The molecule has 82 valence electrons. The fourth-order valence-electron chi connectivity index (χ4n) is 1.50. The Balaban J connectivity index is 2.57. The van der Waals surface area contributed by atoms with E-state index in [1.54, 1.807) is 0 Å². The zero-order chi connectivity index (χ0) is 11.5. The Kier molecular flexibility index (Phi) is 3.06. The van der Waals surface area contributed by atoms with Crippen LogP contribution in [-0.4, -0.2) is 24.3 Å². The van der Waals surface area contributed by atoms with Crippen molar-refractivity contribution < 1.29 is 0 Å². The van der Waals surface area contributed by atoms with Gasteiger partial charge < -0.3 is 4.90 Å². The van der Waals surface area contributed by atoms with Gasteiger partial charge in [-0.1, -0.05) is 41.9 Å². The third-order valence-corrected chi connectivity index (χ3v) is 2.46. The van der Waals surface area contributed by atoms with Crippen LogP contribution in [0.3, 0.4) is 0 Å². The first-order valence-corrected chi connectivity index (χ1v) is 5.32. The molecular formula is C12H12ClN3. The molecule has 1 aromatic heterocycles. The van der Waals surface area contributed by atoms with Crippen LogP contribution in [0.15, 0.2) is 36.4 Å². The summed E-state index contributed by atoms with van der Waals surface area (Å²) in [7, 11) is 3.92. The second kappa shape index (κ2) is 4.49. The average Bonchev–Trinajstić information content (AvgIpc) is 2.30. The van der Waals surface area contributed by atoms with E-state index in [4.69, 9.17) is 11.6 Å². The number of nitrogens with zero attached hydrogens (tertiary/aromatic N) is 3. The standard InChI is InChI=1S/C12H12ClN3/c1-16(2)10-8-11(13)14-15-12(10)9-6-4-3-5-7-9/h3-8H,1-2H3. The Bertz CT molecular complexity index is 483. The highest BCUT2D eigenvalue weighted by Gasteiger charge is 2.09. The first-order chi connectivity index (χ1) is 7.68. The first-order valence-electron chi connectivity index (χ1n) is 4.94. The van der Waals surface area contributed by atoms with Gasteiger partial charge in [0.1, 0.15) is 5.69 Å². The van der Waals surface area contributed by atoms with Crippen molar-refractivity contribution in [2.75, 3.05) is 19.0 Å². The molecule has 2 rings (SSSR count). The zero-order valence-electron chi connectivity index (χ0n) is 9.18. The molecule has 0 fully saturated rings. The summed E-state index contributed by atoms with van der Waals surface area (Å²) in [5, 5.41) is 8.44. The van der Waals surface area contributed by atoms with Crippen LogP contribution in [-0.2, 0) is 0 Å². The van der Waals surface area contributed by atoms with Gasteiger partial charge in [0.15, 0.2) is 5.15 Å². The Labute approximate surface area is 99.7 Å². The summed E-state index contributed by atoms with van der Waals surface area (Å²) in [6.45, 7) is 0. The lowest BCUT2D eigenvalue weighted by atomic mass is 10.1. The van der Waals surface area contributed by atoms with Crippen molar-refractivity contribution in [1.82, 2.24) is 10.2 Å². The first kappa shape index (κ1) is 10.9. The predicted molar refractivity (Wildman–Crippen MR) is 66.8 cm³/mol. The molecule has 0 spiro atoms. The van der Waals surface area contributed by atoms with Crippen LogP contribution < -0.4 is 4.90 Å². The Hall–Kier alpha value is -1.61. The van der Waals surface area contributed by atoms with Crippen LogP contribution in [0.1, 0.15) is 0 Å². The molecule has 1 heterocycles. The van der Waals surface area contributed by atoms with Crippen molar-refractivity contribution in [2.45, 2.75) is 0 Å². The molecule has 0 unspecified atom stereocenters. The summed E-state index contributed by atoms with van der Waals surface area (Å²) in [4.78, 5) is 1.98. The van der Waals surface area contributed by atoms with E-state index in [1.165, 1.54) is 0 Å². The van der Waals surface area contributed by atoms with Gasteiger partial charge in [-0.3, -0.25) is 0 Å². The summed E-state index contributed by atoms with van der Waals surface area (Å²) in [5.41, 5.74) is 2.84. The largest absolute Gasteiger partial charge is 0.376 e. The minimum Gasteiger partial charge on any atom is -0.376 e. The lowest BCUT2D eigenvalue weighted by molar-refractivity contribution is 1.01. The van der Waals surface area contributed by atoms with Crippen LogP contribution >= 0.6 is 11.6 Å². The highest BCUT2D eigenvalue weighted by molar-refractivity contribution is 6.29. The van der Waals surface area contributed by atoms with Crippen molar-refractivity contribution >= 4 is 17.3 Å². The van der Waals surface area contributed by atoms with Gasteiger partial charge in [-0.15, -0.1) is 10.2 Å². The van der Waals surface area contributed by atoms with Crippen molar-refractivity contribution in [3.05, 3.63) is 41.6 Å². The van der Waals surface area contributed by atoms with E-state index in [0.717, 1.165) is 16.9 Å². The number of anilines is 1. The second-order valence-electron chi connectivity index (χ2n) is 3.66. The molecule has 0 N–H and O–H groups in total. The predicted octanol–water partition coefficient (Wildman–Crippen LogP) is 2.86. The molecule has 3 nitrogen and oxygen atoms in total. The van der Waals surface area contributed by atoms with Gasteiger partial charge in [-0.25, -0.2) is 0 Å². The molecule has 0 saturated heterocycles. The van der Waals surface area contributed by atoms with E-state index in [-0.39, 0.29) is 0 Å². The van der Waals surface area contributed by atoms with Crippen molar-refractivity contribution in [3.63, 3.8) is 0 Å². The van der Waals surface area contributed by atoms with E-state index in [2.05, 4.69) is 10.2 Å². The lowest BCUT2D eigenvalue weighted by Gasteiger charge is -2.16. The number of halogens is 1. The lowest BCUT2D eigenvalue weighted by Crippen LogP contribution is -2.11. The zero-order valence-corrected chi connectivity index (χ0v) is 9.94. The summed E-state index contributed by atoms with van der Waals surface area (Å²) < 4.78 is 0. The van der Waals surface area contributed by atoms with E-state index in [9.17, 15) is 0 Å². The molecule has 16 heavy (non-hydrogen) atoms. The monoisotopic (exact) mass is 233 g/mol. The molecule has 0 saturated carbocycles. The van der Waals surface area contributed by atoms with Gasteiger partial charge in [0.25, 0.3) is 0 Å². The summed E-state index contributed by atoms with van der Waals surface area (Å²) >= 11 is 5.85. The molecule has 0 aliphatic rings. The van der Waals surface area contributed by atoms with Crippen molar-refractivity contribution in [2.24, 2.45) is 0 Å². The summed E-state index contributed by atoms with van der Waals surface area (Å²) in [6, 6.07) is 11.8. The van der Waals surface area contributed by atoms with Gasteiger partial charge in [0.2, 0.25) is 0 Å². The number of rotatable bonds is 2. The fourth-order valence-corrected chi connectivity index (χ4v) is 1.64. The minimum absolute atomic E-state index is 0.406. The highest BCUT2D eigenvalue weighted by Crippen LogP contribution is 2.28. The van der Waals surface area contributed by atoms with Gasteiger partial charge in [0.05, 0.1) is 5.69 Å².